The van der Waals surface area contributed by atoms with Gasteiger partial charge in [0.1, 0.15) is 0 Å². The summed E-state index contributed by atoms with van der Waals surface area (Å²) < 4.78 is 5.17. The second kappa shape index (κ2) is 5.83. The quantitative estimate of drug-likeness (QED) is 0.800. The van der Waals surface area contributed by atoms with Crippen LogP contribution in [0, 0.1) is 11.8 Å². The zero-order valence-electron chi connectivity index (χ0n) is 10.7. The summed E-state index contributed by atoms with van der Waals surface area (Å²) >= 11 is 0. The van der Waals surface area contributed by atoms with Crippen molar-refractivity contribution in [2.75, 3.05) is 26.8 Å². The molecule has 0 radical (unpaired) electrons. The van der Waals surface area contributed by atoms with E-state index in [1.54, 1.807) is 7.11 Å². The normalized spacial score (nSPS) is 30.8. The van der Waals surface area contributed by atoms with E-state index in [2.05, 4.69) is 0 Å². The van der Waals surface area contributed by atoms with Gasteiger partial charge in [-0.05, 0) is 38.0 Å². The van der Waals surface area contributed by atoms with Gasteiger partial charge in [-0.25, -0.2) is 0 Å². The highest BCUT2D eigenvalue weighted by Crippen LogP contribution is 2.28. The molecular weight excluding hydrogens is 216 g/mol. The van der Waals surface area contributed by atoms with E-state index in [9.17, 15) is 4.79 Å². The Morgan fingerprint density at radius 1 is 1.29 bits per heavy atom. The van der Waals surface area contributed by atoms with E-state index < -0.39 is 0 Å². The molecule has 1 saturated heterocycles. The number of piperidine rings is 1. The highest BCUT2D eigenvalue weighted by molar-refractivity contribution is 5.79. The van der Waals surface area contributed by atoms with Gasteiger partial charge in [0.05, 0.1) is 0 Å². The largest absolute Gasteiger partial charge is 0.384 e. The lowest BCUT2D eigenvalue weighted by atomic mass is 9.96. The van der Waals surface area contributed by atoms with Crippen LogP contribution in [0.15, 0.2) is 0 Å². The fraction of sp³-hybridized carbons (Fsp3) is 0.923. The SMILES string of the molecule is COCC1CCN(C(=O)C2CCC(N)C2)CC1. The van der Waals surface area contributed by atoms with Crippen LogP contribution in [-0.4, -0.2) is 43.7 Å². The highest BCUT2D eigenvalue weighted by atomic mass is 16.5. The summed E-state index contributed by atoms with van der Waals surface area (Å²) in [6, 6.07) is 0.245. The molecule has 1 aliphatic carbocycles. The van der Waals surface area contributed by atoms with Crippen LogP contribution in [0.1, 0.15) is 32.1 Å². The molecule has 2 unspecified atom stereocenters. The molecule has 4 nitrogen and oxygen atoms in total. The van der Waals surface area contributed by atoms with Gasteiger partial charge < -0.3 is 15.4 Å². The first-order valence-corrected chi connectivity index (χ1v) is 6.74. The first kappa shape index (κ1) is 12.8. The van der Waals surface area contributed by atoms with Gasteiger partial charge in [0, 0.05) is 38.8 Å². The van der Waals surface area contributed by atoms with E-state index in [0.717, 1.165) is 51.8 Å². The Balaban J connectivity index is 1.78. The predicted octanol–water partition coefficient (Wildman–Crippen LogP) is 0.999. The minimum Gasteiger partial charge on any atom is -0.384 e. The van der Waals surface area contributed by atoms with Crippen molar-refractivity contribution >= 4 is 5.91 Å². The summed E-state index contributed by atoms with van der Waals surface area (Å²) in [7, 11) is 1.75. The van der Waals surface area contributed by atoms with E-state index in [1.165, 1.54) is 0 Å². The number of methoxy groups -OCH3 is 1. The van der Waals surface area contributed by atoms with Crippen LogP contribution >= 0.6 is 0 Å². The minimum absolute atomic E-state index is 0.198. The van der Waals surface area contributed by atoms with Crippen molar-refractivity contribution in [2.24, 2.45) is 17.6 Å². The summed E-state index contributed by atoms with van der Waals surface area (Å²) in [6.07, 6.45) is 5.04. The third-order valence-electron chi connectivity index (χ3n) is 4.15. The van der Waals surface area contributed by atoms with E-state index in [4.69, 9.17) is 10.5 Å². The monoisotopic (exact) mass is 240 g/mol. The molecule has 0 aromatic carbocycles. The van der Waals surface area contributed by atoms with Gasteiger partial charge in [-0.15, -0.1) is 0 Å². The zero-order chi connectivity index (χ0) is 12.3. The summed E-state index contributed by atoms with van der Waals surface area (Å²) in [5.74, 6) is 1.17. The molecule has 4 heteroatoms. The number of hydrogen-bond acceptors (Lipinski definition) is 3. The molecule has 17 heavy (non-hydrogen) atoms. The Labute approximate surface area is 103 Å². The van der Waals surface area contributed by atoms with Crippen molar-refractivity contribution in [1.82, 2.24) is 4.90 Å². The van der Waals surface area contributed by atoms with E-state index in [0.29, 0.717) is 11.8 Å². The van der Waals surface area contributed by atoms with Gasteiger partial charge >= 0.3 is 0 Å². The second-order valence-corrected chi connectivity index (χ2v) is 5.49. The lowest BCUT2D eigenvalue weighted by Gasteiger charge is -2.33. The lowest BCUT2D eigenvalue weighted by Crippen LogP contribution is -2.42. The molecule has 1 saturated carbocycles. The molecule has 1 heterocycles. The highest BCUT2D eigenvalue weighted by Gasteiger charge is 2.32. The Hall–Kier alpha value is -0.610. The van der Waals surface area contributed by atoms with Gasteiger partial charge in [-0.1, -0.05) is 0 Å². The van der Waals surface area contributed by atoms with Crippen LogP contribution in [0.4, 0.5) is 0 Å². The number of amides is 1. The molecule has 2 rings (SSSR count). The standard InChI is InChI=1S/C13H24N2O2/c1-17-9-10-4-6-15(7-5-10)13(16)11-2-3-12(14)8-11/h10-12H,2-9,14H2,1H3. The molecule has 2 aliphatic rings. The Bertz CT molecular complexity index is 262. The van der Waals surface area contributed by atoms with Crippen LogP contribution in [-0.2, 0) is 9.53 Å². The maximum Gasteiger partial charge on any atom is 0.225 e. The first-order chi connectivity index (χ1) is 8.20. The van der Waals surface area contributed by atoms with Crippen molar-refractivity contribution in [2.45, 2.75) is 38.1 Å². The second-order valence-electron chi connectivity index (χ2n) is 5.49. The molecular formula is C13H24N2O2. The van der Waals surface area contributed by atoms with Crippen molar-refractivity contribution in [3.63, 3.8) is 0 Å². The molecule has 98 valence electrons. The van der Waals surface area contributed by atoms with Crippen LogP contribution in [0.2, 0.25) is 0 Å². The molecule has 0 aromatic rings. The maximum atomic E-state index is 12.2. The van der Waals surface area contributed by atoms with Crippen molar-refractivity contribution in [3.05, 3.63) is 0 Å². The molecule has 1 amide bonds. The Kier molecular flexibility index (Phi) is 4.40. The van der Waals surface area contributed by atoms with Crippen LogP contribution < -0.4 is 5.73 Å². The number of carbonyl (C=O) groups excluding carboxylic acids is 1. The van der Waals surface area contributed by atoms with Crippen LogP contribution in [0.25, 0.3) is 0 Å². The number of nitrogens with zero attached hydrogens (tertiary/aromatic N) is 1. The number of nitrogens with two attached hydrogens (primary N) is 1. The summed E-state index contributed by atoms with van der Waals surface area (Å²) in [5, 5.41) is 0. The summed E-state index contributed by atoms with van der Waals surface area (Å²) in [6.45, 7) is 2.63. The van der Waals surface area contributed by atoms with Crippen molar-refractivity contribution in [3.8, 4) is 0 Å². The van der Waals surface area contributed by atoms with Gasteiger partial charge in [-0.2, -0.15) is 0 Å². The molecule has 0 aromatic heterocycles. The van der Waals surface area contributed by atoms with Crippen LogP contribution in [0.3, 0.4) is 0 Å². The number of rotatable bonds is 3. The number of likely N-dealkylation sites (tertiary alicyclic amines) is 1. The maximum absolute atomic E-state index is 12.2. The summed E-state index contributed by atoms with van der Waals surface area (Å²) in [4.78, 5) is 14.3. The smallest absolute Gasteiger partial charge is 0.225 e. The van der Waals surface area contributed by atoms with Gasteiger partial charge in [0.2, 0.25) is 5.91 Å². The number of ether oxygens (including phenoxy) is 1. The molecule has 2 fully saturated rings. The Morgan fingerprint density at radius 2 is 2.00 bits per heavy atom. The molecule has 0 bridgehead atoms. The van der Waals surface area contributed by atoms with Crippen LogP contribution in [0.5, 0.6) is 0 Å². The minimum atomic E-state index is 0.198. The number of hydrogen-bond donors (Lipinski definition) is 1. The lowest BCUT2D eigenvalue weighted by molar-refractivity contribution is -0.137. The molecule has 1 aliphatic heterocycles. The average molecular weight is 240 g/mol. The van der Waals surface area contributed by atoms with Gasteiger partial charge in [-0.3, -0.25) is 4.79 Å². The Morgan fingerprint density at radius 3 is 2.53 bits per heavy atom. The molecule has 0 spiro atoms. The van der Waals surface area contributed by atoms with Crippen molar-refractivity contribution in [1.29, 1.82) is 0 Å². The third kappa shape index (κ3) is 3.19. The molecule has 2 atom stereocenters. The van der Waals surface area contributed by atoms with Gasteiger partial charge in [0.15, 0.2) is 0 Å². The topological polar surface area (TPSA) is 55.6 Å². The van der Waals surface area contributed by atoms with Gasteiger partial charge in [0.25, 0.3) is 0 Å². The third-order valence-corrected chi connectivity index (χ3v) is 4.15. The molecule has 2 N–H and O–H groups in total. The van der Waals surface area contributed by atoms with E-state index in [1.807, 2.05) is 4.90 Å². The predicted molar refractivity (Wildman–Crippen MR) is 66.5 cm³/mol. The summed E-state index contributed by atoms with van der Waals surface area (Å²) in [5.41, 5.74) is 5.87. The fourth-order valence-electron chi connectivity index (χ4n) is 3.05. The zero-order valence-corrected chi connectivity index (χ0v) is 10.7. The van der Waals surface area contributed by atoms with Crippen molar-refractivity contribution < 1.29 is 9.53 Å². The first-order valence-electron chi connectivity index (χ1n) is 6.74. The van der Waals surface area contributed by atoms with E-state index >= 15 is 0 Å². The fourth-order valence-corrected chi connectivity index (χ4v) is 3.05. The van der Waals surface area contributed by atoms with E-state index in [-0.39, 0.29) is 12.0 Å². The number of carbonyl (C=O) groups is 1. The average Bonchev–Trinajstić information content (AvgIpc) is 2.76.